The Morgan fingerprint density at radius 1 is 1.39 bits per heavy atom. The van der Waals surface area contributed by atoms with Crippen molar-refractivity contribution in [2.24, 2.45) is 0 Å². The molecule has 0 spiro atoms. The number of aromatic nitrogens is 4. The Morgan fingerprint density at radius 2 is 2.28 bits per heavy atom. The number of H-pyrrole nitrogens is 1. The first kappa shape index (κ1) is 11.3. The fraction of sp³-hybridized carbons (Fsp3) is 0.462. The van der Waals surface area contributed by atoms with Gasteiger partial charge in [0.15, 0.2) is 11.6 Å². The molecule has 5 heteroatoms. The molecule has 0 atom stereocenters. The summed E-state index contributed by atoms with van der Waals surface area (Å²) in [6.07, 6.45) is 7.94. The average molecular weight is 243 g/mol. The van der Waals surface area contributed by atoms with Gasteiger partial charge in [-0.3, -0.25) is 0 Å². The van der Waals surface area contributed by atoms with Gasteiger partial charge in [0, 0.05) is 36.6 Å². The third kappa shape index (κ3) is 2.26. The normalized spacial score (nSPS) is 14.9. The van der Waals surface area contributed by atoms with Crippen molar-refractivity contribution in [3.8, 4) is 11.6 Å². The number of imidazole rings is 1. The predicted molar refractivity (Wildman–Crippen MR) is 69.0 cm³/mol. The Bertz CT molecular complexity index is 516. The maximum atomic E-state index is 4.69. The standard InChI is InChI=1S/C13H17N5/c1-2-14-7-10-8-17-13(12-15-5-6-16-12)18-11(10)9-3-4-9/h5-6,8-9,14H,2-4,7H2,1H3,(H,15,16). The minimum Gasteiger partial charge on any atom is -0.342 e. The summed E-state index contributed by atoms with van der Waals surface area (Å²) in [4.78, 5) is 16.3. The fourth-order valence-electron chi connectivity index (χ4n) is 2.03. The molecule has 1 aliphatic carbocycles. The molecule has 2 aromatic rings. The van der Waals surface area contributed by atoms with E-state index in [0.29, 0.717) is 11.7 Å². The maximum Gasteiger partial charge on any atom is 0.195 e. The number of nitrogens with zero attached hydrogens (tertiary/aromatic N) is 3. The Balaban J connectivity index is 1.92. The van der Waals surface area contributed by atoms with E-state index in [9.17, 15) is 0 Å². The molecule has 0 unspecified atom stereocenters. The van der Waals surface area contributed by atoms with Crippen molar-refractivity contribution < 1.29 is 0 Å². The van der Waals surface area contributed by atoms with Gasteiger partial charge in [0.2, 0.25) is 0 Å². The van der Waals surface area contributed by atoms with Crippen LogP contribution >= 0.6 is 0 Å². The van der Waals surface area contributed by atoms with Crippen molar-refractivity contribution in [1.29, 1.82) is 0 Å². The van der Waals surface area contributed by atoms with Gasteiger partial charge in [-0.1, -0.05) is 6.92 Å². The Morgan fingerprint density at radius 3 is 2.94 bits per heavy atom. The second-order valence-electron chi connectivity index (χ2n) is 4.60. The molecule has 0 radical (unpaired) electrons. The Hall–Kier alpha value is -1.75. The van der Waals surface area contributed by atoms with Crippen LogP contribution in [0, 0.1) is 0 Å². The van der Waals surface area contributed by atoms with E-state index in [-0.39, 0.29) is 0 Å². The van der Waals surface area contributed by atoms with Gasteiger partial charge >= 0.3 is 0 Å². The molecule has 1 saturated carbocycles. The van der Waals surface area contributed by atoms with Crippen LogP contribution in [0.1, 0.15) is 36.9 Å². The van der Waals surface area contributed by atoms with Crippen LogP contribution in [0.25, 0.3) is 11.6 Å². The van der Waals surface area contributed by atoms with Crippen LogP contribution < -0.4 is 5.32 Å². The molecule has 18 heavy (non-hydrogen) atoms. The van der Waals surface area contributed by atoms with Crippen LogP contribution in [0.5, 0.6) is 0 Å². The van der Waals surface area contributed by atoms with Crippen molar-refractivity contribution in [1.82, 2.24) is 25.3 Å². The van der Waals surface area contributed by atoms with Gasteiger partial charge in [-0.2, -0.15) is 0 Å². The van der Waals surface area contributed by atoms with Gasteiger partial charge in [-0.25, -0.2) is 15.0 Å². The zero-order chi connectivity index (χ0) is 12.4. The minimum absolute atomic E-state index is 0.621. The van der Waals surface area contributed by atoms with E-state index in [0.717, 1.165) is 18.9 Å². The van der Waals surface area contributed by atoms with E-state index in [4.69, 9.17) is 0 Å². The van der Waals surface area contributed by atoms with Gasteiger partial charge in [-0.15, -0.1) is 0 Å². The van der Waals surface area contributed by atoms with Crippen LogP contribution in [-0.4, -0.2) is 26.5 Å². The highest BCUT2D eigenvalue weighted by molar-refractivity contribution is 5.44. The second-order valence-corrected chi connectivity index (χ2v) is 4.60. The first-order chi connectivity index (χ1) is 8.88. The van der Waals surface area contributed by atoms with Crippen molar-refractivity contribution in [2.75, 3.05) is 6.54 Å². The van der Waals surface area contributed by atoms with Gasteiger partial charge < -0.3 is 10.3 Å². The molecule has 0 aliphatic heterocycles. The summed E-state index contributed by atoms with van der Waals surface area (Å²) in [7, 11) is 0. The van der Waals surface area contributed by atoms with E-state index in [1.165, 1.54) is 24.1 Å². The third-order valence-corrected chi connectivity index (χ3v) is 3.14. The number of hydrogen-bond acceptors (Lipinski definition) is 4. The maximum absolute atomic E-state index is 4.69. The molecule has 2 aromatic heterocycles. The first-order valence-electron chi connectivity index (χ1n) is 6.44. The third-order valence-electron chi connectivity index (χ3n) is 3.14. The van der Waals surface area contributed by atoms with Crippen LogP contribution in [0.4, 0.5) is 0 Å². The van der Waals surface area contributed by atoms with Gasteiger partial charge in [0.05, 0.1) is 5.69 Å². The fourth-order valence-corrected chi connectivity index (χ4v) is 2.03. The Kier molecular flexibility index (Phi) is 3.06. The smallest absolute Gasteiger partial charge is 0.195 e. The summed E-state index contributed by atoms with van der Waals surface area (Å²) < 4.78 is 0. The van der Waals surface area contributed by atoms with Gasteiger partial charge in [0.1, 0.15) is 0 Å². The zero-order valence-corrected chi connectivity index (χ0v) is 10.5. The van der Waals surface area contributed by atoms with Crippen LogP contribution in [-0.2, 0) is 6.54 Å². The van der Waals surface area contributed by atoms with Crippen LogP contribution in [0.15, 0.2) is 18.6 Å². The molecule has 2 N–H and O–H groups in total. The molecule has 1 fully saturated rings. The molecular formula is C13H17N5. The van der Waals surface area contributed by atoms with E-state index in [1.54, 1.807) is 12.4 Å². The largest absolute Gasteiger partial charge is 0.342 e. The lowest BCUT2D eigenvalue weighted by molar-refractivity contribution is 0.710. The summed E-state index contributed by atoms with van der Waals surface area (Å²) in [5.74, 6) is 2.06. The van der Waals surface area contributed by atoms with E-state index in [1.807, 2.05) is 6.20 Å². The number of hydrogen-bond donors (Lipinski definition) is 2. The summed E-state index contributed by atoms with van der Waals surface area (Å²) in [5.41, 5.74) is 2.41. The van der Waals surface area contributed by atoms with Gasteiger partial charge in [-0.05, 0) is 19.4 Å². The van der Waals surface area contributed by atoms with Crippen molar-refractivity contribution in [3.63, 3.8) is 0 Å². The number of aromatic amines is 1. The predicted octanol–water partition coefficient (Wildman–Crippen LogP) is 1.85. The molecule has 1 aliphatic rings. The monoisotopic (exact) mass is 243 g/mol. The lowest BCUT2D eigenvalue weighted by atomic mass is 10.1. The lowest BCUT2D eigenvalue weighted by Gasteiger charge is -2.09. The van der Waals surface area contributed by atoms with Crippen molar-refractivity contribution in [2.45, 2.75) is 32.2 Å². The number of nitrogens with one attached hydrogen (secondary N) is 2. The quantitative estimate of drug-likeness (QED) is 0.841. The highest BCUT2D eigenvalue weighted by Crippen LogP contribution is 2.40. The second kappa shape index (κ2) is 4.86. The van der Waals surface area contributed by atoms with E-state index >= 15 is 0 Å². The van der Waals surface area contributed by atoms with Crippen LogP contribution in [0.3, 0.4) is 0 Å². The van der Waals surface area contributed by atoms with Crippen molar-refractivity contribution >= 4 is 0 Å². The lowest BCUT2D eigenvalue weighted by Crippen LogP contribution is -2.14. The first-order valence-corrected chi connectivity index (χ1v) is 6.44. The molecule has 3 rings (SSSR count). The summed E-state index contributed by atoms with van der Waals surface area (Å²) in [6.45, 7) is 3.92. The topological polar surface area (TPSA) is 66.5 Å². The molecule has 0 amide bonds. The SMILES string of the molecule is CCNCc1cnc(-c2ncc[nH]2)nc1C1CC1. The van der Waals surface area contributed by atoms with Crippen molar-refractivity contribution in [3.05, 3.63) is 29.8 Å². The summed E-state index contributed by atoms with van der Waals surface area (Å²) in [6, 6.07) is 0. The van der Waals surface area contributed by atoms with E-state index in [2.05, 4.69) is 32.2 Å². The van der Waals surface area contributed by atoms with E-state index < -0.39 is 0 Å². The summed E-state index contributed by atoms with van der Waals surface area (Å²) >= 11 is 0. The zero-order valence-electron chi connectivity index (χ0n) is 10.5. The van der Waals surface area contributed by atoms with Gasteiger partial charge in [0.25, 0.3) is 0 Å². The molecule has 0 aromatic carbocycles. The molecule has 0 bridgehead atoms. The summed E-state index contributed by atoms with van der Waals surface area (Å²) in [5, 5.41) is 3.34. The van der Waals surface area contributed by atoms with Crippen LogP contribution in [0.2, 0.25) is 0 Å². The Labute approximate surface area is 106 Å². The average Bonchev–Trinajstić information content (AvgIpc) is 3.11. The number of rotatable bonds is 5. The minimum atomic E-state index is 0.621. The highest BCUT2D eigenvalue weighted by atomic mass is 15.0. The molecule has 94 valence electrons. The molecular weight excluding hydrogens is 226 g/mol. The highest BCUT2D eigenvalue weighted by Gasteiger charge is 2.28. The molecule has 2 heterocycles. The molecule has 0 saturated heterocycles. The molecule has 5 nitrogen and oxygen atoms in total.